The Hall–Kier alpha value is -3.52. The summed E-state index contributed by atoms with van der Waals surface area (Å²) in [5, 5.41) is 9.59. The second-order valence-corrected chi connectivity index (χ2v) is 6.29. The third-order valence-electron chi connectivity index (χ3n) is 4.72. The molecule has 2 aromatic rings. The number of ether oxygens (including phenoxy) is 1. The fraction of sp³-hybridized carbons (Fsp3) is 0.143. The second-order valence-electron chi connectivity index (χ2n) is 6.29. The maximum absolute atomic E-state index is 13.0. The highest BCUT2D eigenvalue weighted by Gasteiger charge is 2.39. The summed E-state index contributed by atoms with van der Waals surface area (Å²) in [5.41, 5.74) is 8.66. The van der Waals surface area contributed by atoms with Gasteiger partial charge in [-0.15, -0.1) is 0 Å². The van der Waals surface area contributed by atoms with Gasteiger partial charge in [0.25, 0.3) is 0 Å². The molecule has 0 saturated carbocycles. The molecule has 128 valence electrons. The van der Waals surface area contributed by atoms with Gasteiger partial charge in [0.1, 0.15) is 17.4 Å². The van der Waals surface area contributed by atoms with Gasteiger partial charge in [0.15, 0.2) is 5.78 Å². The first-order valence-corrected chi connectivity index (χ1v) is 8.38. The van der Waals surface area contributed by atoms with Crippen molar-refractivity contribution >= 4 is 11.5 Å². The van der Waals surface area contributed by atoms with Crippen molar-refractivity contribution in [2.45, 2.75) is 5.92 Å². The number of nitrogens with zero attached hydrogens (tertiary/aromatic N) is 2. The van der Waals surface area contributed by atoms with Gasteiger partial charge in [0.05, 0.1) is 24.6 Å². The molecule has 2 aromatic carbocycles. The van der Waals surface area contributed by atoms with E-state index in [1.165, 1.54) is 0 Å². The number of anilines is 1. The molecule has 0 spiro atoms. The van der Waals surface area contributed by atoms with Crippen LogP contribution in [0.15, 0.2) is 83.5 Å². The Labute approximate surface area is 151 Å². The summed E-state index contributed by atoms with van der Waals surface area (Å²) in [4.78, 5) is 15.0. The number of allylic oxidation sites excluding steroid dienone is 1. The average Bonchev–Trinajstić information content (AvgIpc) is 2.68. The quantitative estimate of drug-likeness (QED) is 0.907. The third kappa shape index (κ3) is 2.62. The van der Waals surface area contributed by atoms with Crippen LogP contribution in [0.1, 0.15) is 11.5 Å². The minimum absolute atomic E-state index is 0.0517. The molecule has 2 aliphatic heterocycles. The minimum Gasteiger partial charge on any atom is -0.443 e. The Morgan fingerprint density at radius 3 is 2.35 bits per heavy atom. The number of nitriles is 1. The summed E-state index contributed by atoms with van der Waals surface area (Å²) < 4.78 is 5.72. The summed E-state index contributed by atoms with van der Waals surface area (Å²) in [6.45, 7) is 0.683. The van der Waals surface area contributed by atoms with E-state index < -0.39 is 5.92 Å². The molecule has 0 amide bonds. The zero-order valence-corrected chi connectivity index (χ0v) is 14.1. The highest BCUT2D eigenvalue weighted by atomic mass is 16.5. The molecule has 0 aromatic heterocycles. The number of hydrogen-bond donors (Lipinski definition) is 1. The summed E-state index contributed by atoms with van der Waals surface area (Å²) in [6.07, 6.45) is 0. The number of carbonyl (C=O) groups excluding carboxylic acids is 1. The van der Waals surface area contributed by atoms with Crippen LogP contribution in [0, 0.1) is 11.3 Å². The van der Waals surface area contributed by atoms with E-state index in [9.17, 15) is 10.1 Å². The molecular formula is C21H17N3O2. The van der Waals surface area contributed by atoms with Crippen molar-refractivity contribution in [3.05, 3.63) is 89.0 Å². The number of hydrogen-bond acceptors (Lipinski definition) is 5. The summed E-state index contributed by atoms with van der Waals surface area (Å²) in [5.74, 6) is 0.0675. The lowest BCUT2D eigenvalue weighted by molar-refractivity contribution is -0.115. The molecule has 0 saturated heterocycles. The van der Waals surface area contributed by atoms with Crippen molar-refractivity contribution in [3.8, 4) is 6.07 Å². The van der Waals surface area contributed by atoms with Crippen LogP contribution < -0.4 is 10.6 Å². The third-order valence-corrected chi connectivity index (χ3v) is 4.72. The number of Topliss-reactive ketones (excluding diaryl/α,β-unsaturated/α-hetero) is 1. The number of rotatable bonds is 2. The molecule has 26 heavy (non-hydrogen) atoms. The molecule has 4 rings (SSSR count). The van der Waals surface area contributed by atoms with Crippen molar-refractivity contribution in [2.75, 3.05) is 18.0 Å². The van der Waals surface area contributed by atoms with Gasteiger partial charge in [-0.05, 0) is 17.7 Å². The fourth-order valence-corrected chi connectivity index (χ4v) is 3.53. The zero-order chi connectivity index (χ0) is 18.1. The summed E-state index contributed by atoms with van der Waals surface area (Å²) in [7, 11) is 0. The van der Waals surface area contributed by atoms with E-state index in [0.717, 1.165) is 11.3 Å². The number of benzene rings is 2. The Balaban J connectivity index is 1.79. The van der Waals surface area contributed by atoms with E-state index in [0.29, 0.717) is 17.9 Å². The molecule has 2 aliphatic rings. The van der Waals surface area contributed by atoms with Crippen LogP contribution in [0.4, 0.5) is 5.69 Å². The molecule has 5 heteroatoms. The highest BCUT2D eigenvalue weighted by molar-refractivity contribution is 6.03. The van der Waals surface area contributed by atoms with Crippen LogP contribution in [0.3, 0.4) is 0 Å². The Bertz CT molecular complexity index is 956. The second kappa shape index (κ2) is 6.41. The summed E-state index contributed by atoms with van der Waals surface area (Å²) in [6, 6.07) is 21.3. The molecule has 2 N–H and O–H groups in total. The molecule has 1 unspecified atom stereocenters. The lowest BCUT2D eigenvalue weighted by Crippen LogP contribution is -2.42. The van der Waals surface area contributed by atoms with Gasteiger partial charge in [0, 0.05) is 5.69 Å². The van der Waals surface area contributed by atoms with Crippen molar-refractivity contribution in [1.29, 1.82) is 5.26 Å². The molecule has 0 aliphatic carbocycles. The topological polar surface area (TPSA) is 79.4 Å². The molecule has 0 radical (unpaired) electrons. The fourth-order valence-electron chi connectivity index (χ4n) is 3.53. The van der Waals surface area contributed by atoms with E-state index in [4.69, 9.17) is 10.5 Å². The number of nitrogens with two attached hydrogens (primary N) is 1. The van der Waals surface area contributed by atoms with E-state index in [2.05, 4.69) is 6.07 Å². The van der Waals surface area contributed by atoms with Crippen LogP contribution in [-0.2, 0) is 9.53 Å². The van der Waals surface area contributed by atoms with Gasteiger partial charge in [-0.25, -0.2) is 0 Å². The largest absolute Gasteiger partial charge is 0.443 e. The molecular weight excluding hydrogens is 326 g/mol. The van der Waals surface area contributed by atoms with Gasteiger partial charge < -0.3 is 15.4 Å². The predicted octanol–water partition coefficient (Wildman–Crippen LogP) is 2.84. The first-order valence-electron chi connectivity index (χ1n) is 8.38. The normalized spacial score (nSPS) is 19.7. The Morgan fingerprint density at radius 1 is 1.04 bits per heavy atom. The first-order chi connectivity index (χ1) is 12.7. The number of ketones is 1. The lowest BCUT2D eigenvalue weighted by atomic mass is 9.80. The predicted molar refractivity (Wildman–Crippen MR) is 97.8 cm³/mol. The van der Waals surface area contributed by atoms with Crippen LogP contribution in [0.5, 0.6) is 0 Å². The first kappa shape index (κ1) is 16.0. The molecule has 2 heterocycles. The SMILES string of the molecule is N#CC1=C(N)OC2=C(C(=O)CN(c3ccccc3)C2)C1c1ccccc1. The monoisotopic (exact) mass is 343 g/mol. The van der Waals surface area contributed by atoms with Crippen LogP contribution in [-0.4, -0.2) is 18.9 Å². The Kier molecular flexibility index (Phi) is 3.94. The maximum atomic E-state index is 13.0. The van der Waals surface area contributed by atoms with Crippen molar-refractivity contribution in [3.63, 3.8) is 0 Å². The smallest absolute Gasteiger partial charge is 0.205 e. The van der Waals surface area contributed by atoms with Gasteiger partial charge in [-0.3, -0.25) is 4.79 Å². The highest BCUT2D eigenvalue weighted by Crippen LogP contribution is 2.41. The minimum atomic E-state index is -0.477. The molecule has 1 atom stereocenters. The van der Waals surface area contributed by atoms with E-state index in [1.807, 2.05) is 65.6 Å². The van der Waals surface area contributed by atoms with Crippen molar-refractivity contribution in [2.24, 2.45) is 5.73 Å². The average molecular weight is 343 g/mol. The Morgan fingerprint density at radius 2 is 1.69 bits per heavy atom. The van der Waals surface area contributed by atoms with Gasteiger partial charge in [-0.1, -0.05) is 48.5 Å². The number of para-hydroxylation sites is 1. The lowest BCUT2D eigenvalue weighted by Gasteiger charge is -2.36. The summed E-state index contributed by atoms with van der Waals surface area (Å²) >= 11 is 0. The standard InChI is InChI=1S/C21H17N3O2/c22-11-16-19(14-7-3-1-4-8-14)20-17(25)12-24(13-18(20)26-21(16)23)15-9-5-2-6-10-15/h1-10,19H,12-13,23H2. The van der Waals surface area contributed by atoms with Gasteiger partial charge in [0.2, 0.25) is 5.88 Å². The zero-order valence-electron chi connectivity index (χ0n) is 14.1. The van der Waals surface area contributed by atoms with Crippen molar-refractivity contribution in [1.82, 2.24) is 0 Å². The molecule has 5 nitrogen and oxygen atoms in total. The number of carbonyl (C=O) groups is 1. The van der Waals surface area contributed by atoms with E-state index in [-0.39, 0.29) is 23.8 Å². The van der Waals surface area contributed by atoms with Crippen LogP contribution in [0.2, 0.25) is 0 Å². The van der Waals surface area contributed by atoms with Crippen LogP contribution in [0.25, 0.3) is 0 Å². The van der Waals surface area contributed by atoms with E-state index >= 15 is 0 Å². The van der Waals surface area contributed by atoms with Crippen LogP contribution >= 0.6 is 0 Å². The van der Waals surface area contributed by atoms with Gasteiger partial charge in [-0.2, -0.15) is 5.26 Å². The van der Waals surface area contributed by atoms with E-state index in [1.54, 1.807) is 0 Å². The van der Waals surface area contributed by atoms with Gasteiger partial charge >= 0.3 is 0 Å². The van der Waals surface area contributed by atoms with Crippen molar-refractivity contribution < 1.29 is 9.53 Å². The molecule has 0 bridgehead atoms. The maximum Gasteiger partial charge on any atom is 0.205 e. The molecule has 0 fully saturated rings.